The Bertz CT molecular complexity index is 1160. The van der Waals surface area contributed by atoms with Gasteiger partial charge in [-0.1, -0.05) is 24.1 Å². The molecule has 0 radical (unpaired) electrons. The van der Waals surface area contributed by atoms with E-state index in [1.54, 1.807) is 10.6 Å². The first-order valence-electron chi connectivity index (χ1n) is 9.33. The van der Waals surface area contributed by atoms with Gasteiger partial charge in [-0.25, -0.2) is 8.42 Å². The Hall–Kier alpha value is -2.49. The fourth-order valence-corrected chi connectivity index (χ4v) is 5.11. The lowest BCUT2D eigenvalue weighted by atomic mass is 10.2. The number of hydrogen-bond acceptors (Lipinski definition) is 5. The van der Waals surface area contributed by atoms with Crippen LogP contribution in [-0.2, 0) is 16.6 Å². The highest BCUT2D eigenvalue weighted by Gasteiger charge is 2.27. The zero-order valence-corrected chi connectivity index (χ0v) is 17.2. The molecule has 1 aliphatic heterocycles. The molecular weight excluding hydrogens is 414 g/mol. The lowest BCUT2D eigenvalue weighted by Crippen LogP contribution is -2.35. The Morgan fingerprint density at radius 2 is 1.90 bits per heavy atom. The van der Waals surface area contributed by atoms with Gasteiger partial charge in [0.25, 0.3) is 5.91 Å². The van der Waals surface area contributed by atoms with E-state index >= 15 is 0 Å². The van der Waals surface area contributed by atoms with Crippen molar-refractivity contribution < 1.29 is 13.2 Å². The molecule has 2 aromatic heterocycles. The van der Waals surface area contributed by atoms with Gasteiger partial charge in [0.15, 0.2) is 11.5 Å². The molecule has 29 heavy (non-hydrogen) atoms. The maximum Gasteiger partial charge on any atom is 0.253 e. The molecule has 0 saturated carbocycles. The lowest BCUT2D eigenvalue weighted by Gasteiger charge is -2.26. The Balaban J connectivity index is 1.54. The van der Waals surface area contributed by atoms with Gasteiger partial charge in [0.05, 0.1) is 22.0 Å². The number of piperidine rings is 1. The van der Waals surface area contributed by atoms with Crippen LogP contribution in [0.3, 0.4) is 0 Å². The first-order chi connectivity index (χ1) is 14.0. The van der Waals surface area contributed by atoms with Gasteiger partial charge in [-0.15, -0.1) is 10.2 Å². The number of carbonyl (C=O) groups excluding carboxylic acids is 1. The van der Waals surface area contributed by atoms with Crippen LogP contribution in [-0.4, -0.2) is 46.3 Å². The van der Waals surface area contributed by atoms with Gasteiger partial charge in [-0.2, -0.15) is 4.31 Å². The van der Waals surface area contributed by atoms with Crippen LogP contribution in [0.25, 0.3) is 5.65 Å². The standard InChI is InChI=1S/C19H20ClN5O3S/c20-16-8-7-14(29(27,28)24-9-3-1-4-10-24)12-15(16)19(26)21-13-18-23-22-17-6-2-5-11-25(17)18/h2,5-8,11-12H,1,3-4,9-10,13H2,(H,21,26). The Labute approximate surface area is 173 Å². The minimum absolute atomic E-state index is 0.0712. The molecule has 1 N–H and O–H groups in total. The van der Waals surface area contributed by atoms with E-state index in [1.165, 1.54) is 22.5 Å². The quantitative estimate of drug-likeness (QED) is 0.666. The number of fused-ring (bicyclic) bond motifs is 1. The summed E-state index contributed by atoms with van der Waals surface area (Å²) in [6.45, 7) is 1.11. The summed E-state index contributed by atoms with van der Waals surface area (Å²) in [6, 6.07) is 9.72. The summed E-state index contributed by atoms with van der Waals surface area (Å²) in [5, 5.41) is 11.0. The molecule has 0 aliphatic carbocycles. The van der Waals surface area contributed by atoms with Gasteiger partial charge in [-0.05, 0) is 43.2 Å². The van der Waals surface area contributed by atoms with E-state index < -0.39 is 15.9 Å². The number of halogens is 1. The van der Waals surface area contributed by atoms with Gasteiger partial charge in [0, 0.05) is 19.3 Å². The molecule has 8 nitrogen and oxygen atoms in total. The van der Waals surface area contributed by atoms with Crippen LogP contribution in [0.1, 0.15) is 35.4 Å². The topological polar surface area (TPSA) is 96.7 Å². The highest BCUT2D eigenvalue weighted by molar-refractivity contribution is 7.89. The van der Waals surface area contributed by atoms with Gasteiger partial charge in [-0.3, -0.25) is 9.20 Å². The van der Waals surface area contributed by atoms with Crippen molar-refractivity contribution in [3.05, 3.63) is 59.0 Å². The van der Waals surface area contributed by atoms with E-state index in [4.69, 9.17) is 11.6 Å². The number of carbonyl (C=O) groups is 1. The second-order valence-electron chi connectivity index (χ2n) is 6.83. The summed E-state index contributed by atoms with van der Waals surface area (Å²) in [4.78, 5) is 12.8. The minimum atomic E-state index is -3.65. The summed E-state index contributed by atoms with van der Waals surface area (Å²) in [6.07, 6.45) is 4.51. The van der Waals surface area contributed by atoms with Crippen molar-refractivity contribution in [1.29, 1.82) is 0 Å². The molecule has 3 heterocycles. The van der Waals surface area contributed by atoms with Crippen molar-refractivity contribution >= 4 is 33.2 Å². The molecule has 1 aromatic carbocycles. The maximum absolute atomic E-state index is 12.9. The number of hydrogen-bond donors (Lipinski definition) is 1. The van der Waals surface area contributed by atoms with Crippen LogP contribution >= 0.6 is 11.6 Å². The third kappa shape index (κ3) is 3.98. The number of pyridine rings is 1. The molecule has 0 bridgehead atoms. The molecule has 0 unspecified atom stereocenters. The maximum atomic E-state index is 12.9. The van der Waals surface area contributed by atoms with E-state index in [-0.39, 0.29) is 22.0 Å². The molecule has 1 saturated heterocycles. The van der Waals surface area contributed by atoms with Gasteiger partial charge >= 0.3 is 0 Å². The summed E-state index contributed by atoms with van der Waals surface area (Å²) >= 11 is 6.18. The predicted molar refractivity (Wildman–Crippen MR) is 108 cm³/mol. The summed E-state index contributed by atoms with van der Waals surface area (Å²) in [5.41, 5.74) is 0.781. The molecule has 152 valence electrons. The van der Waals surface area contributed by atoms with Crippen LogP contribution in [0.4, 0.5) is 0 Å². The number of benzene rings is 1. The van der Waals surface area contributed by atoms with Gasteiger partial charge < -0.3 is 5.32 Å². The van der Waals surface area contributed by atoms with E-state index in [0.29, 0.717) is 24.6 Å². The van der Waals surface area contributed by atoms with E-state index in [2.05, 4.69) is 15.5 Å². The monoisotopic (exact) mass is 433 g/mol. The third-order valence-corrected chi connectivity index (χ3v) is 7.15. The molecule has 1 aliphatic rings. The van der Waals surface area contributed by atoms with Crippen molar-refractivity contribution in [2.75, 3.05) is 13.1 Å². The predicted octanol–water partition coefficient (Wildman–Crippen LogP) is 2.49. The van der Waals surface area contributed by atoms with Crippen molar-refractivity contribution in [3.63, 3.8) is 0 Å². The zero-order chi connectivity index (χ0) is 20.4. The van der Waals surface area contributed by atoms with Crippen molar-refractivity contribution in [2.45, 2.75) is 30.7 Å². The van der Waals surface area contributed by atoms with Gasteiger partial charge in [0.1, 0.15) is 0 Å². The summed E-state index contributed by atoms with van der Waals surface area (Å²) in [5.74, 6) is 0.0838. The molecule has 0 atom stereocenters. The third-order valence-electron chi connectivity index (χ3n) is 4.93. The highest BCUT2D eigenvalue weighted by atomic mass is 35.5. The minimum Gasteiger partial charge on any atom is -0.345 e. The smallest absolute Gasteiger partial charge is 0.253 e. The Kier molecular flexibility index (Phi) is 5.53. The summed E-state index contributed by atoms with van der Waals surface area (Å²) in [7, 11) is -3.65. The molecule has 10 heteroatoms. The fourth-order valence-electron chi connectivity index (χ4n) is 3.36. The van der Waals surface area contributed by atoms with Crippen LogP contribution < -0.4 is 5.32 Å². The molecule has 1 fully saturated rings. The van der Waals surface area contributed by atoms with Crippen molar-refractivity contribution in [1.82, 2.24) is 24.2 Å². The van der Waals surface area contributed by atoms with E-state index in [0.717, 1.165) is 19.3 Å². The normalized spacial score (nSPS) is 15.5. The molecule has 1 amide bonds. The number of aromatic nitrogens is 3. The zero-order valence-electron chi connectivity index (χ0n) is 15.6. The average molecular weight is 434 g/mol. The number of nitrogens with zero attached hydrogens (tertiary/aromatic N) is 4. The first kappa shape index (κ1) is 19.8. The van der Waals surface area contributed by atoms with Crippen LogP contribution in [0.15, 0.2) is 47.5 Å². The fraction of sp³-hybridized carbons (Fsp3) is 0.316. The summed E-state index contributed by atoms with van der Waals surface area (Å²) < 4.78 is 29.0. The molecular formula is C19H20ClN5O3S. The molecule has 4 rings (SSSR count). The average Bonchev–Trinajstić information content (AvgIpc) is 3.16. The molecule has 0 spiro atoms. The van der Waals surface area contributed by atoms with Gasteiger partial charge in [0.2, 0.25) is 10.0 Å². The lowest BCUT2D eigenvalue weighted by molar-refractivity contribution is 0.0949. The highest BCUT2D eigenvalue weighted by Crippen LogP contribution is 2.25. The Morgan fingerprint density at radius 3 is 2.69 bits per heavy atom. The SMILES string of the molecule is O=C(NCc1nnc2ccccn12)c1cc(S(=O)(=O)N2CCCCC2)ccc1Cl. The largest absolute Gasteiger partial charge is 0.345 e. The Morgan fingerprint density at radius 1 is 1.10 bits per heavy atom. The van der Waals surface area contributed by atoms with Crippen LogP contribution in [0.5, 0.6) is 0 Å². The molecule has 3 aromatic rings. The van der Waals surface area contributed by atoms with Crippen LogP contribution in [0, 0.1) is 0 Å². The van der Waals surface area contributed by atoms with Crippen LogP contribution in [0.2, 0.25) is 5.02 Å². The number of nitrogens with one attached hydrogen (secondary N) is 1. The number of rotatable bonds is 5. The van der Waals surface area contributed by atoms with Crippen molar-refractivity contribution in [2.24, 2.45) is 0 Å². The van der Waals surface area contributed by atoms with Crippen molar-refractivity contribution in [3.8, 4) is 0 Å². The second-order valence-corrected chi connectivity index (χ2v) is 9.18. The number of amides is 1. The van der Waals surface area contributed by atoms with E-state index in [9.17, 15) is 13.2 Å². The second kappa shape index (κ2) is 8.10. The number of sulfonamides is 1. The first-order valence-corrected chi connectivity index (χ1v) is 11.2. The van der Waals surface area contributed by atoms with E-state index in [1.807, 2.05) is 18.2 Å².